The second kappa shape index (κ2) is 11.0. The predicted octanol–water partition coefficient (Wildman–Crippen LogP) is 0.827. The molecule has 0 saturated heterocycles. The smallest absolute Gasteiger partial charge is 0.217 e. The molecule has 1 amide bonds. The van der Waals surface area contributed by atoms with E-state index in [0.717, 1.165) is 11.1 Å². The van der Waals surface area contributed by atoms with Gasteiger partial charge in [0.2, 0.25) is 5.91 Å². The molecular weight excluding hydrogens is 420 g/mol. The Morgan fingerprint density at radius 1 is 1.24 bits per heavy atom. The molecule has 0 radical (unpaired) electrons. The molecule has 1 aliphatic rings. The van der Waals surface area contributed by atoms with Crippen LogP contribution in [0, 0.1) is 0 Å². The van der Waals surface area contributed by atoms with Gasteiger partial charge in [-0.25, -0.2) is 16.4 Å². The standard InChI is InChI=1S/C22H38N10O/c1-7-30(25)10-19(23)17-8-16(27-15(6)33)9-18(20(24)11-31(26)13(2)3)22(17)21-12-32(14(4)5)29-28-21/h9-14,16H,7-8,23-26H2,1-6H3,(H,27,33)/b19-10-,20-11-. The maximum absolute atomic E-state index is 11.9. The summed E-state index contributed by atoms with van der Waals surface area (Å²) < 4.78 is 1.77. The number of nitrogens with zero attached hydrogens (tertiary/aromatic N) is 5. The minimum atomic E-state index is -0.326. The van der Waals surface area contributed by atoms with Crippen LogP contribution in [-0.2, 0) is 4.79 Å². The van der Waals surface area contributed by atoms with Gasteiger partial charge in [0.05, 0.1) is 23.6 Å². The maximum Gasteiger partial charge on any atom is 0.217 e. The van der Waals surface area contributed by atoms with Gasteiger partial charge in [-0.15, -0.1) is 5.10 Å². The average molecular weight is 459 g/mol. The molecule has 0 aromatic carbocycles. The molecule has 182 valence electrons. The quantitative estimate of drug-likeness (QED) is 0.265. The van der Waals surface area contributed by atoms with Crippen LogP contribution < -0.4 is 28.5 Å². The maximum atomic E-state index is 11.9. The van der Waals surface area contributed by atoms with E-state index in [9.17, 15) is 4.79 Å². The number of hydrogen-bond acceptors (Lipinski definition) is 9. The zero-order valence-corrected chi connectivity index (χ0v) is 20.4. The number of nitrogens with one attached hydrogen (secondary N) is 1. The van der Waals surface area contributed by atoms with Crippen LogP contribution >= 0.6 is 0 Å². The van der Waals surface area contributed by atoms with E-state index in [2.05, 4.69) is 15.6 Å². The van der Waals surface area contributed by atoms with Crippen LogP contribution in [-0.4, -0.2) is 49.5 Å². The van der Waals surface area contributed by atoms with Crippen molar-refractivity contribution in [3.8, 4) is 0 Å². The first kappa shape index (κ1) is 25.9. The Kier molecular flexibility index (Phi) is 8.66. The van der Waals surface area contributed by atoms with Crippen LogP contribution in [0.25, 0.3) is 5.57 Å². The van der Waals surface area contributed by atoms with Crippen molar-refractivity contribution in [2.24, 2.45) is 23.2 Å². The minimum absolute atomic E-state index is 0.0351. The topological polar surface area (TPSA) is 170 Å². The molecule has 0 spiro atoms. The molecule has 9 N–H and O–H groups in total. The fraction of sp³-hybridized carbons (Fsp3) is 0.500. The summed E-state index contributed by atoms with van der Waals surface area (Å²) in [4.78, 5) is 11.9. The molecule has 11 nitrogen and oxygen atoms in total. The molecule has 1 unspecified atom stereocenters. The lowest BCUT2D eigenvalue weighted by molar-refractivity contribution is -0.119. The Balaban J connectivity index is 2.76. The molecule has 33 heavy (non-hydrogen) atoms. The normalized spacial score (nSPS) is 17.5. The van der Waals surface area contributed by atoms with Crippen molar-refractivity contribution in [2.45, 2.75) is 66.1 Å². The number of aromatic nitrogens is 3. The Bertz CT molecular complexity index is 970. The predicted molar refractivity (Wildman–Crippen MR) is 130 cm³/mol. The molecule has 0 aliphatic heterocycles. The van der Waals surface area contributed by atoms with E-state index in [1.54, 1.807) is 17.1 Å². The fourth-order valence-electron chi connectivity index (χ4n) is 3.35. The molecule has 1 heterocycles. The monoisotopic (exact) mass is 458 g/mol. The highest BCUT2D eigenvalue weighted by Crippen LogP contribution is 2.37. The Labute approximate surface area is 195 Å². The summed E-state index contributed by atoms with van der Waals surface area (Å²) in [7, 11) is 0. The van der Waals surface area contributed by atoms with Gasteiger partial charge in [-0.1, -0.05) is 11.3 Å². The highest BCUT2D eigenvalue weighted by Gasteiger charge is 2.29. The van der Waals surface area contributed by atoms with Gasteiger partial charge in [-0.3, -0.25) is 4.79 Å². The molecule has 1 aliphatic carbocycles. The highest BCUT2D eigenvalue weighted by atomic mass is 16.1. The molecule has 11 heteroatoms. The SMILES string of the molecule is CCN(N)/C=C(\N)C1=C(c2cn(C(C)C)nn2)C(/C(N)=C/N(N)C(C)C)=CC(NC(C)=O)C1. The summed E-state index contributed by atoms with van der Waals surface area (Å²) in [5, 5.41) is 14.6. The first-order chi connectivity index (χ1) is 15.4. The number of allylic oxidation sites excluding steroid dienone is 2. The molecular formula is C22H38N10O. The lowest BCUT2D eigenvalue weighted by atomic mass is 9.83. The number of hydrazine groups is 2. The molecule has 2 rings (SSSR count). The van der Waals surface area contributed by atoms with E-state index in [-0.39, 0.29) is 24.0 Å². The van der Waals surface area contributed by atoms with Crippen LogP contribution in [0.2, 0.25) is 0 Å². The van der Waals surface area contributed by atoms with Crippen molar-refractivity contribution in [3.63, 3.8) is 0 Å². The summed E-state index contributed by atoms with van der Waals surface area (Å²) in [6.07, 6.45) is 7.53. The van der Waals surface area contributed by atoms with E-state index in [1.807, 2.05) is 46.9 Å². The first-order valence-electron chi connectivity index (χ1n) is 11.1. The third-order valence-electron chi connectivity index (χ3n) is 5.26. The van der Waals surface area contributed by atoms with Crippen molar-refractivity contribution in [1.29, 1.82) is 0 Å². The van der Waals surface area contributed by atoms with Gasteiger partial charge in [0.1, 0.15) is 5.69 Å². The van der Waals surface area contributed by atoms with Gasteiger partial charge in [-0.05, 0) is 46.6 Å². The van der Waals surface area contributed by atoms with Crippen LogP contribution in [0.5, 0.6) is 0 Å². The van der Waals surface area contributed by atoms with Crippen molar-refractivity contribution in [3.05, 3.63) is 52.9 Å². The largest absolute Gasteiger partial charge is 0.397 e. The van der Waals surface area contributed by atoms with E-state index in [4.69, 9.17) is 23.2 Å². The lowest BCUT2D eigenvalue weighted by Gasteiger charge is -2.29. The minimum Gasteiger partial charge on any atom is -0.397 e. The Morgan fingerprint density at radius 2 is 1.91 bits per heavy atom. The molecule has 1 aromatic rings. The van der Waals surface area contributed by atoms with Gasteiger partial charge in [0.25, 0.3) is 0 Å². The number of amides is 1. The second-order valence-electron chi connectivity index (χ2n) is 8.66. The summed E-state index contributed by atoms with van der Waals surface area (Å²) in [6.45, 7) is 11.9. The number of hydrogen-bond donors (Lipinski definition) is 5. The summed E-state index contributed by atoms with van der Waals surface area (Å²) in [6, 6.07) is -0.166. The second-order valence-corrected chi connectivity index (χ2v) is 8.66. The summed E-state index contributed by atoms with van der Waals surface area (Å²) in [5.74, 6) is 12.0. The molecule has 0 fully saturated rings. The van der Waals surface area contributed by atoms with Crippen molar-refractivity contribution < 1.29 is 4.79 Å². The van der Waals surface area contributed by atoms with Crippen LogP contribution in [0.1, 0.15) is 59.7 Å². The Hall–Kier alpha value is -3.31. The van der Waals surface area contributed by atoms with E-state index >= 15 is 0 Å². The van der Waals surface area contributed by atoms with E-state index in [0.29, 0.717) is 35.6 Å². The van der Waals surface area contributed by atoms with Crippen molar-refractivity contribution >= 4 is 11.5 Å². The third kappa shape index (κ3) is 6.59. The summed E-state index contributed by atoms with van der Waals surface area (Å²) >= 11 is 0. The molecule has 1 aromatic heterocycles. The first-order valence-corrected chi connectivity index (χ1v) is 11.1. The van der Waals surface area contributed by atoms with Crippen LogP contribution in [0.3, 0.4) is 0 Å². The van der Waals surface area contributed by atoms with E-state index < -0.39 is 0 Å². The van der Waals surface area contributed by atoms with Gasteiger partial charge in [0.15, 0.2) is 0 Å². The van der Waals surface area contributed by atoms with Crippen molar-refractivity contribution in [2.75, 3.05) is 6.54 Å². The molecule has 0 bridgehead atoms. The summed E-state index contributed by atoms with van der Waals surface area (Å²) in [5.41, 5.74) is 16.7. The molecule has 0 saturated carbocycles. The van der Waals surface area contributed by atoms with Crippen LogP contribution in [0.4, 0.5) is 0 Å². The number of carbonyl (C=O) groups is 1. The fourth-order valence-corrected chi connectivity index (χ4v) is 3.35. The number of carbonyl (C=O) groups excluding carboxylic acids is 1. The van der Waals surface area contributed by atoms with Gasteiger partial charge < -0.3 is 26.8 Å². The number of rotatable bonds is 9. The van der Waals surface area contributed by atoms with Gasteiger partial charge in [0, 0.05) is 49.1 Å². The molecule has 1 atom stereocenters. The Morgan fingerprint density at radius 3 is 2.42 bits per heavy atom. The average Bonchev–Trinajstić information content (AvgIpc) is 3.22. The zero-order chi connectivity index (χ0) is 24.9. The van der Waals surface area contributed by atoms with Gasteiger partial charge in [-0.2, -0.15) is 0 Å². The van der Waals surface area contributed by atoms with E-state index in [1.165, 1.54) is 16.9 Å². The zero-order valence-electron chi connectivity index (χ0n) is 20.4. The third-order valence-corrected chi connectivity index (χ3v) is 5.26. The number of nitrogens with two attached hydrogens (primary N) is 4. The van der Waals surface area contributed by atoms with Crippen molar-refractivity contribution in [1.82, 2.24) is 30.3 Å². The van der Waals surface area contributed by atoms with Crippen LogP contribution in [0.15, 0.2) is 47.2 Å². The van der Waals surface area contributed by atoms with Gasteiger partial charge >= 0.3 is 0 Å². The highest BCUT2D eigenvalue weighted by molar-refractivity contribution is 5.87. The lowest BCUT2D eigenvalue weighted by Crippen LogP contribution is -2.36.